The van der Waals surface area contributed by atoms with Crippen LogP contribution in [0.5, 0.6) is 5.75 Å². The highest BCUT2D eigenvalue weighted by Crippen LogP contribution is 2.32. The number of carbonyl (C=O) groups excluding carboxylic acids is 1. The predicted molar refractivity (Wildman–Crippen MR) is 111 cm³/mol. The summed E-state index contributed by atoms with van der Waals surface area (Å²) in [5.41, 5.74) is 3.34. The van der Waals surface area contributed by atoms with Crippen LogP contribution in [0.2, 0.25) is 0 Å². The van der Waals surface area contributed by atoms with Crippen molar-refractivity contribution in [1.29, 1.82) is 5.26 Å². The van der Waals surface area contributed by atoms with Gasteiger partial charge in [0.25, 0.3) is 0 Å². The van der Waals surface area contributed by atoms with Crippen molar-refractivity contribution in [2.75, 3.05) is 18.2 Å². The van der Waals surface area contributed by atoms with Crippen LogP contribution in [0.1, 0.15) is 21.6 Å². The van der Waals surface area contributed by atoms with E-state index in [4.69, 9.17) is 4.74 Å². The van der Waals surface area contributed by atoms with Crippen molar-refractivity contribution in [3.63, 3.8) is 0 Å². The normalized spacial score (nSPS) is 10.6. The third-order valence-electron chi connectivity index (χ3n) is 4.31. The van der Waals surface area contributed by atoms with Gasteiger partial charge in [-0.3, -0.25) is 4.79 Å². The number of hydrogen-bond acceptors (Lipinski definition) is 6. The monoisotopic (exact) mass is 397 g/mol. The van der Waals surface area contributed by atoms with Crippen LogP contribution in [0.25, 0.3) is 10.9 Å². The van der Waals surface area contributed by atoms with Gasteiger partial charge in [-0.15, -0.1) is 11.3 Å². The highest BCUT2D eigenvalue weighted by molar-refractivity contribution is 7.99. The summed E-state index contributed by atoms with van der Waals surface area (Å²) in [6, 6.07) is 9.96. The Bertz CT molecular complexity index is 1070. The molecule has 0 unspecified atom stereocenters. The summed E-state index contributed by atoms with van der Waals surface area (Å²) in [7, 11) is 1.62. The lowest BCUT2D eigenvalue weighted by Crippen LogP contribution is -2.14. The maximum Gasteiger partial charge on any atom is 0.235 e. The maximum absolute atomic E-state index is 12.4. The zero-order valence-corrected chi connectivity index (χ0v) is 17.2. The third-order valence-corrected chi connectivity index (χ3v) is 6.34. The molecule has 3 aromatic rings. The number of para-hydroxylation sites is 1. The molecule has 1 N–H and O–H groups in total. The van der Waals surface area contributed by atoms with Crippen LogP contribution in [0.4, 0.5) is 5.00 Å². The summed E-state index contributed by atoms with van der Waals surface area (Å²) >= 11 is 2.79. The summed E-state index contributed by atoms with van der Waals surface area (Å²) < 4.78 is 5.40. The number of nitrogens with zero attached hydrogens (tertiary/aromatic N) is 2. The summed E-state index contributed by atoms with van der Waals surface area (Å²) in [5, 5.41) is 14.6. The number of benzene rings is 1. The summed E-state index contributed by atoms with van der Waals surface area (Å²) in [6.07, 6.45) is 0. The number of pyridine rings is 1. The molecule has 27 heavy (non-hydrogen) atoms. The van der Waals surface area contributed by atoms with Gasteiger partial charge in [0.2, 0.25) is 5.91 Å². The zero-order valence-electron chi connectivity index (χ0n) is 15.5. The van der Waals surface area contributed by atoms with Crippen LogP contribution in [0.3, 0.4) is 0 Å². The molecule has 1 aromatic carbocycles. The molecular formula is C20H19N3O2S2. The molecule has 0 bridgehead atoms. The van der Waals surface area contributed by atoms with Crippen LogP contribution in [0, 0.1) is 32.1 Å². The Hall–Kier alpha value is -2.56. The topological polar surface area (TPSA) is 75.0 Å². The van der Waals surface area contributed by atoms with E-state index in [1.807, 2.05) is 45.0 Å². The summed E-state index contributed by atoms with van der Waals surface area (Å²) in [5.74, 6) is 0.775. The lowest BCUT2D eigenvalue weighted by Gasteiger charge is -2.09. The van der Waals surface area contributed by atoms with Crippen molar-refractivity contribution in [3.05, 3.63) is 45.8 Å². The highest BCUT2D eigenvalue weighted by Gasteiger charge is 2.15. The molecule has 0 aliphatic rings. The quantitative estimate of drug-likeness (QED) is 0.624. The molecule has 0 saturated carbocycles. The molecule has 5 nitrogen and oxygen atoms in total. The van der Waals surface area contributed by atoms with E-state index in [1.165, 1.54) is 23.1 Å². The number of nitriles is 1. The van der Waals surface area contributed by atoms with Gasteiger partial charge >= 0.3 is 0 Å². The summed E-state index contributed by atoms with van der Waals surface area (Å²) in [4.78, 5) is 18.0. The van der Waals surface area contributed by atoms with E-state index in [2.05, 4.69) is 16.4 Å². The molecule has 3 rings (SSSR count). The number of thioether (sulfide) groups is 1. The van der Waals surface area contributed by atoms with E-state index in [1.54, 1.807) is 7.11 Å². The fraction of sp³-hybridized carbons (Fsp3) is 0.250. The molecule has 1 amide bonds. The number of fused-ring (bicyclic) bond motifs is 1. The largest absolute Gasteiger partial charge is 0.494 e. The summed E-state index contributed by atoms with van der Waals surface area (Å²) in [6.45, 7) is 5.86. The van der Waals surface area contributed by atoms with Crippen molar-refractivity contribution in [2.24, 2.45) is 0 Å². The van der Waals surface area contributed by atoms with E-state index < -0.39 is 0 Å². The molecular weight excluding hydrogens is 378 g/mol. The van der Waals surface area contributed by atoms with Crippen molar-refractivity contribution >= 4 is 44.9 Å². The standard InChI is InChI=1S/C20H19N3O2S2/c1-11-8-18(23-19-14(11)6-5-7-16(19)25-4)26-10-17(24)22-20-15(9-21)12(2)13(3)27-20/h5-8H,10H2,1-4H3,(H,22,24). The van der Waals surface area contributed by atoms with Crippen LogP contribution >= 0.6 is 23.1 Å². The molecule has 7 heteroatoms. The number of aromatic nitrogens is 1. The van der Waals surface area contributed by atoms with E-state index in [9.17, 15) is 10.1 Å². The molecule has 0 fully saturated rings. The second kappa shape index (κ2) is 7.99. The van der Waals surface area contributed by atoms with Crippen LogP contribution in [-0.4, -0.2) is 23.8 Å². The Kier molecular flexibility index (Phi) is 5.68. The zero-order chi connectivity index (χ0) is 19.6. The molecule has 0 radical (unpaired) electrons. The molecule has 138 valence electrons. The Labute approximate surface area is 166 Å². The van der Waals surface area contributed by atoms with Gasteiger partial charge in [-0.05, 0) is 44.0 Å². The first kappa shape index (κ1) is 19.2. The smallest absolute Gasteiger partial charge is 0.235 e. The fourth-order valence-electron chi connectivity index (χ4n) is 2.75. The Balaban J connectivity index is 1.76. The Morgan fingerprint density at radius 1 is 1.37 bits per heavy atom. The van der Waals surface area contributed by atoms with E-state index >= 15 is 0 Å². The van der Waals surface area contributed by atoms with E-state index in [0.29, 0.717) is 16.3 Å². The SMILES string of the molecule is COc1cccc2c(C)cc(SCC(=O)Nc3sc(C)c(C)c3C#N)nc12. The first-order valence-electron chi connectivity index (χ1n) is 8.31. The van der Waals surface area contributed by atoms with Crippen LogP contribution in [0.15, 0.2) is 29.3 Å². The van der Waals surface area contributed by atoms with Crippen molar-refractivity contribution in [3.8, 4) is 11.8 Å². The third kappa shape index (κ3) is 3.92. The average molecular weight is 398 g/mol. The minimum absolute atomic E-state index is 0.155. The lowest BCUT2D eigenvalue weighted by atomic mass is 10.1. The van der Waals surface area contributed by atoms with E-state index in [-0.39, 0.29) is 11.7 Å². The Morgan fingerprint density at radius 3 is 2.85 bits per heavy atom. The first-order chi connectivity index (χ1) is 12.9. The van der Waals surface area contributed by atoms with Crippen molar-refractivity contribution in [1.82, 2.24) is 4.98 Å². The number of nitrogens with one attached hydrogen (secondary N) is 1. The maximum atomic E-state index is 12.4. The first-order valence-corrected chi connectivity index (χ1v) is 10.1. The molecule has 0 spiro atoms. The molecule has 0 aliphatic carbocycles. The second-order valence-corrected chi connectivity index (χ2v) is 8.29. The van der Waals surface area contributed by atoms with Gasteiger partial charge < -0.3 is 10.1 Å². The van der Waals surface area contributed by atoms with Crippen LogP contribution < -0.4 is 10.1 Å². The Morgan fingerprint density at radius 2 is 2.15 bits per heavy atom. The molecule has 2 heterocycles. The fourth-order valence-corrected chi connectivity index (χ4v) is 4.55. The van der Waals surface area contributed by atoms with Gasteiger partial charge in [-0.25, -0.2) is 4.98 Å². The average Bonchev–Trinajstić information content (AvgIpc) is 2.92. The van der Waals surface area contributed by atoms with Gasteiger partial charge in [0.05, 0.1) is 23.5 Å². The molecule has 0 atom stereocenters. The number of thiophene rings is 1. The van der Waals surface area contributed by atoms with Crippen molar-refractivity contribution in [2.45, 2.75) is 25.8 Å². The minimum Gasteiger partial charge on any atom is -0.494 e. The van der Waals surface area contributed by atoms with Crippen LogP contribution in [-0.2, 0) is 4.79 Å². The second-order valence-electron chi connectivity index (χ2n) is 6.07. The predicted octanol–water partition coefficient (Wildman–Crippen LogP) is 4.83. The number of carbonyl (C=O) groups is 1. The van der Waals surface area contributed by atoms with Gasteiger partial charge in [0.15, 0.2) is 0 Å². The number of methoxy groups -OCH3 is 1. The molecule has 2 aromatic heterocycles. The van der Waals surface area contributed by atoms with Gasteiger partial charge in [-0.1, -0.05) is 23.9 Å². The highest BCUT2D eigenvalue weighted by atomic mass is 32.2. The number of anilines is 1. The van der Waals surface area contributed by atoms with Gasteiger partial charge in [-0.2, -0.15) is 5.26 Å². The number of rotatable bonds is 5. The number of ether oxygens (including phenoxy) is 1. The molecule has 0 saturated heterocycles. The van der Waals surface area contributed by atoms with Gasteiger partial charge in [0.1, 0.15) is 22.3 Å². The lowest BCUT2D eigenvalue weighted by molar-refractivity contribution is -0.113. The van der Waals surface area contributed by atoms with Gasteiger partial charge in [0, 0.05) is 10.3 Å². The number of hydrogen-bond donors (Lipinski definition) is 1. The number of amides is 1. The van der Waals surface area contributed by atoms with E-state index in [0.717, 1.165) is 31.9 Å². The minimum atomic E-state index is -0.155. The van der Waals surface area contributed by atoms with Crippen molar-refractivity contribution < 1.29 is 9.53 Å². The molecule has 0 aliphatic heterocycles. The number of aryl methyl sites for hydroxylation is 2.